The van der Waals surface area contributed by atoms with Crippen LogP contribution < -0.4 is 0 Å². The van der Waals surface area contributed by atoms with Gasteiger partial charge >= 0.3 is 0 Å². The van der Waals surface area contributed by atoms with Crippen LogP contribution in [0.2, 0.25) is 0 Å². The fourth-order valence-corrected chi connectivity index (χ4v) is 3.03. The van der Waals surface area contributed by atoms with E-state index in [4.69, 9.17) is 0 Å². The standard InChI is InChI=1S/C20H31NO4/c1-5-6-7-8-9-10-11-12-17(23)21-16(13-14(2)3)19(24)18(15(4)22)20(21)25/h11-12,14,16,22H,5-10,13H2,1-4H3/b12-11+,18-15-/t16-/m1/s1. The number of hydrogen-bond acceptors (Lipinski definition) is 4. The lowest BCUT2D eigenvalue weighted by atomic mass is 9.99. The molecule has 0 radical (unpaired) electrons. The highest BCUT2D eigenvalue weighted by Gasteiger charge is 2.47. The van der Waals surface area contributed by atoms with Crippen molar-refractivity contribution in [3.63, 3.8) is 0 Å². The molecule has 1 aliphatic rings. The molecule has 0 spiro atoms. The predicted octanol–water partition coefficient (Wildman–Crippen LogP) is 4.09. The molecule has 5 heteroatoms. The van der Waals surface area contributed by atoms with E-state index < -0.39 is 23.6 Å². The van der Waals surface area contributed by atoms with Gasteiger partial charge in [0.05, 0.1) is 0 Å². The summed E-state index contributed by atoms with van der Waals surface area (Å²) in [6, 6.07) is -0.814. The number of unbranched alkanes of at least 4 members (excludes halogenated alkanes) is 5. The maximum absolute atomic E-state index is 12.5. The summed E-state index contributed by atoms with van der Waals surface area (Å²) >= 11 is 0. The topological polar surface area (TPSA) is 74.7 Å². The molecule has 1 aliphatic heterocycles. The normalized spacial score (nSPS) is 20.2. The molecule has 0 aromatic rings. The van der Waals surface area contributed by atoms with Gasteiger partial charge in [-0.05, 0) is 38.2 Å². The number of nitrogens with zero attached hydrogens (tertiary/aromatic N) is 1. The molecular weight excluding hydrogens is 318 g/mol. The molecule has 0 unspecified atom stereocenters. The summed E-state index contributed by atoms with van der Waals surface area (Å²) in [5, 5.41) is 9.64. The van der Waals surface area contributed by atoms with Crippen LogP contribution in [0.4, 0.5) is 0 Å². The SMILES string of the molecule is CCCCCCC/C=C/C(=O)N1C(=O)/C(=C(/C)O)C(=O)[C@H]1CC(C)C. The van der Waals surface area contributed by atoms with Gasteiger partial charge in [0.1, 0.15) is 17.4 Å². The Morgan fingerprint density at radius 1 is 1.20 bits per heavy atom. The number of rotatable bonds is 9. The second-order valence-corrected chi connectivity index (χ2v) is 7.09. The first-order valence-corrected chi connectivity index (χ1v) is 9.29. The molecular formula is C20H31NO4. The fraction of sp³-hybridized carbons (Fsp3) is 0.650. The number of aliphatic hydroxyl groups excluding tert-OH is 1. The number of carbonyl (C=O) groups is 3. The first kappa shape index (κ1) is 21.1. The average molecular weight is 349 g/mol. The first-order chi connectivity index (χ1) is 11.8. The number of imide groups is 1. The van der Waals surface area contributed by atoms with E-state index in [0.717, 1.165) is 24.2 Å². The largest absolute Gasteiger partial charge is 0.512 e. The van der Waals surface area contributed by atoms with E-state index >= 15 is 0 Å². The summed E-state index contributed by atoms with van der Waals surface area (Å²) in [7, 11) is 0. The number of amides is 2. The fourth-order valence-electron chi connectivity index (χ4n) is 3.03. The van der Waals surface area contributed by atoms with Crippen molar-refractivity contribution < 1.29 is 19.5 Å². The van der Waals surface area contributed by atoms with Gasteiger partial charge in [-0.1, -0.05) is 52.5 Å². The third-order valence-electron chi connectivity index (χ3n) is 4.32. The molecule has 1 atom stereocenters. The number of hydrogen-bond donors (Lipinski definition) is 1. The monoisotopic (exact) mass is 349 g/mol. The van der Waals surface area contributed by atoms with Gasteiger partial charge < -0.3 is 5.11 Å². The van der Waals surface area contributed by atoms with Crippen molar-refractivity contribution in [2.75, 3.05) is 0 Å². The third-order valence-corrected chi connectivity index (χ3v) is 4.32. The van der Waals surface area contributed by atoms with Gasteiger partial charge in [-0.2, -0.15) is 0 Å². The van der Waals surface area contributed by atoms with Crippen molar-refractivity contribution in [3.05, 3.63) is 23.5 Å². The van der Waals surface area contributed by atoms with E-state index in [0.29, 0.717) is 6.42 Å². The van der Waals surface area contributed by atoms with Gasteiger partial charge in [-0.15, -0.1) is 0 Å². The highest BCUT2D eigenvalue weighted by molar-refractivity contribution is 6.31. The Hall–Kier alpha value is -1.91. The van der Waals surface area contributed by atoms with Crippen LogP contribution in [0.15, 0.2) is 23.5 Å². The second kappa shape index (κ2) is 10.2. The summed E-state index contributed by atoms with van der Waals surface area (Å²) in [4.78, 5) is 38.3. The van der Waals surface area contributed by atoms with Crippen LogP contribution in [0.25, 0.3) is 0 Å². The number of Topliss-reactive ketones (excluding diaryl/α,β-unsaturated/α-hetero) is 1. The summed E-state index contributed by atoms with van der Waals surface area (Å²) < 4.78 is 0. The maximum atomic E-state index is 12.5. The minimum Gasteiger partial charge on any atom is -0.512 e. The van der Waals surface area contributed by atoms with Crippen LogP contribution >= 0.6 is 0 Å². The van der Waals surface area contributed by atoms with Crippen LogP contribution in [0.3, 0.4) is 0 Å². The van der Waals surface area contributed by atoms with Crippen molar-refractivity contribution >= 4 is 17.6 Å². The van der Waals surface area contributed by atoms with Gasteiger partial charge in [0.25, 0.3) is 11.8 Å². The minimum atomic E-state index is -0.814. The van der Waals surface area contributed by atoms with Crippen molar-refractivity contribution in [2.24, 2.45) is 5.92 Å². The van der Waals surface area contributed by atoms with E-state index in [-0.39, 0.29) is 17.3 Å². The molecule has 140 valence electrons. The molecule has 1 rings (SSSR count). The van der Waals surface area contributed by atoms with E-state index in [2.05, 4.69) is 6.92 Å². The summed E-state index contributed by atoms with van der Waals surface area (Å²) in [5.41, 5.74) is -0.257. The van der Waals surface area contributed by atoms with Crippen molar-refractivity contribution in [1.29, 1.82) is 0 Å². The number of carbonyl (C=O) groups excluding carboxylic acids is 3. The Labute approximate surface area is 150 Å². The molecule has 1 heterocycles. The van der Waals surface area contributed by atoms with Crippen molar-refractivity contribution in [1.82, 2.24) is 4.90 Å². The molecule has 1 N–H and O–H groups in total. The second-order valence-electron chi connectivity index (χ2n) is 7.09. The lowest BCUT2D eigenvalue weighted by molar-refractivity contribution is -0.141. The smallest absolute Gasteiger partial charge is 0.268 e. The maximum Gasteiger partial charge on any atom is 0.268 e. The zero-order chi connectivity index (χ0) is 19.0. The van der Waals surface area contributed by atoms with Crippen LogP contribution in [0.5, 0.6) is 0 Å². The van der Waals surface area contributed by atoms with Gasteiger partial charge in [0, 0.05) is 0 Å². The highest BCUT2D eigenvalue weighted by Crippen LogP contribution is 2.27. The van der Waals surface area contributed by atoms with E-state index in [1.54, 1.807) is 6.08 Å². The Balaban J connectivity index is 2.77. The van der Waals surface area contributed by atoms with Gasteiger partial charge in [-0.25, -0.2) is 0 Å². The Morgan fingerprint density at radius 2 is 1.84 bits per heavy atom. The minimum absolute atomic E-state index is 0.151. The third kappa shape index (κ3) is 5.83. The summed E-state index contributed by atoms with van der Waals surface area (Å²) in [6.45, 7) is 7.33. The van der Waals surface area contributed by atoms with Crippen molar-refractivity contribution in [2.45, 2.75) is 78.7 Å². The molecule has 2 amide bonds. The average Bonchev–Trinajstić information content (AvgIpc) is 2.76. The lowest BCUT2D eigenvalue weighted by Gasteiger charge is -2.21. The van der Waals surface area contributed by atoms with Gasteiger partial charge in [0.2, 0.25) is 0 Å². The van der Waals surface area contributed by atoms with E-state index in [1.165, 1.54) is 32.3 Å². The lowest BCUT2D eigenvalue weighted by Crippen LogP contribution is -2.40. The van der Waals surface area contributed by atoms with E-state index in [1.807, 2.05) is 13.8 Å². The van der Waals surface area contributed by atoms with E-state index in [9.17, 15) is 19.5 Å². The molecule has 0 aromatic carbocycles. The molecule has 0 aliphatic carbocycles. The molecule has 1 saturated heterocycles. The quantitative estimate of drug-likeness (QED) is 0.294. The predicted molar refractivity (Wildman–Crippen MR) is 97.9 cm³/mol. The van der Waals surface area contributed by atoms with Crippen LogP contribution in [0.1, 0.15) is 72.6 Å². The Morgan fingerprint density at radius 3 is 2.40 bits per heavy atom. The first-order valence-electron chi connectivity index (χ1n) is 9.29. The highest BCUT2D eigenvalue weighted by atomic mass is 16.3. The van der Waals surface area contributed by atoms with Crippen LogP contribution in [-0.2, 0) is 14.4 Å². The van der Waals surface area contributed by atoms with Crippen LogP contribution in [0, 0.1) is 5.92 Å². The molecule has 25 heavy (non-hydrogen) atoms. The number of likely N-dealkylation sites (tertiary alicyclic amines) is 1. The Kier molecular flexibility index (Phi) is 8.59. The van der Waals surface area contributed by atoms with Crippen LogP contribution in [-0.4, -0.2) is 33.6 Å². The van der Waals surface area contributed by atoms with Gasteiger partial charge in [0.15, 0.2) is 5.78 Å². The molecule has 0 saturated carbocycles. The molecule has 0 aromatic heterocycles. The van der Waals surface area contributed by atoms with Crippen molar-refractivity contribution in [3.8, 4) is 0 Å². The number of ketones is 1. The number of aliphatic hydroxyl groups is 1. The zero-order valence-corrected chi connectivity index (χ0v) is 15.9. The Bertz CT molecular complexity index is 556. The van der Waals surface area contributed by atoms with Gasteiger partial charge in [-0.3, -0.25) is 19.3 Å². The molecule has 1 fully saturated rings. The molecule has 0 bridgehead atoms. The zero-order valence-electron chi connectivity index (χ0n) is 15.9. The summed E-state index contributed by atoms with van der Waals surface area (Å²) in [5.74, 6) is -1.79. The molecule has 5 nitrogen and oxygen atoms in total. The number of allylic oxidation sites excluding steroid dienone is 2. The summed E-state index contributed by atoms with van der Waals surface area (Å²) in [6.07, 6.45) is 10.1.